The smallest absolute Gasteiger partial charge is 0.396 e. The van der Waals surface area contributed by atoms with Gasteiger partial charge >= 0.3 is 11.9 Å². The molecule has 16 heavy (non-hydrogen) atoms. The fraction of sp³-hybridized carbons (Fsp3) is 0.500. The van der Waals surface area contributed by atoms with Crippen LogP contribution in [0.5, 0.6) is 0 Å². The summed E-state index contributed by atoms with van der Waals surface area (Å²) in [6, 6.07) is 0. The van der Waals surface area contributed by atoms with Crippen molar-refractivity contribution in [3.05, 3.63) is 18.5 Å². The fourth-order valence-electron chi connectivity index (χ4n) is 0.931. The highest BCUT2D eigenvalue weighted by molar-refractivity contribution is 7.99. The Bertz CT molecular complexity index is 352. The van der Waals surface area contributed by atoms with Gasteiger partial charge in [0.25, 0.3) is 5.22 Å². The number of carbonyl (C=O) groups is 1. The zero-order valence-corrected chi connectivity index (χ0v) is 9.96. The largest absolute Gasteiger partial charge is 0.459 e. The monoisotopic (exact) mass is 242 g/mol. The third-order valence-electron chi connectivity index (χ3n) is 1.63. The van der Waals surface area contributed by atoms with E-state index in [9.17, 15) is 4.79 Å². The summed E-state index contributed by atoms with van der Waals surface area (Å²) >= 11 is 1.42. The van der Waals surface area contributed by atoms with Gasteiger partial charge in [-0.15, -0.1) is 11.7 Å². The first kappa shape index (κ1) is 12.8. The van der Waals surface area contributed by atoms with E-state index in [0.29, 0.717) is 11.8 Å². The summed E-state index contributed by atoms with van der Waals surface area (Å²) in [6.07, 6.45) is 3.80. The van der Waals surface area contributed by atoms with Crippen molar-refractivity contribution in [1.29, 1.82) is 0 Å². The molecule has 0 aliphatic heterocycles. The molecule has 5 nitrogen and oxygen atoms in total. The average molecular weight is 242 g/mol. The van der Waals surface area contributed by atoms with Gasteiger partial charge in [-0.25, -0.2) is 4.79 Å². The topological polar surface area (TPSA) is 65.2 Å². The lowest BCUT2D eigenvalue weighted by molar-refractivity contribution is 0.0475. The molecule has 0 atom stereocenters. The molecule has 0 aliphatic carbocycles. The molecule has 6 heteroatoms. The molecule has 0 spiro atoms. The van der Waals surface area contributed by atoms with E-state index in [4.69, 9.17) is 9.15 Å². The Morgan fingerprint density at radius 2 is 2.44 bits per heavy atom. The standard InChI is InChI=1S/C10H14N2O3S/c1-3-5-6-7-16-10-12-11-8(15-10)9(13)14-4-2/h3H,1,4-7H2,2H3. The summed E-state index contributed by atoms with van der Waals surface area (Å²) in [5.41, 5.74) is 0. The van der Waals surface area contributed by atoms with Crippen molar-refractivity contribution in [2.24, 2.45) is 0 Å². The van der Waals surface area contributed by atoms with Gasteiger partial charge in [0.1, 0.15) is 0 Å². The number of ether oxygens (including phenoxy) is 1. The van der Waals surface area contributed by atoms with Gasteiger partial charge in [0.2, 0.25) is 0 Å². The first-order valence-corrected chi connectivity index (χ1v) is 6.00. The number of carbonyl (C=O) groups excluding carboxylic acids is 1. The van der Waals surface area contributed by atoms with Crippen LogP contribution in [0.25, 0.3) is 0 Å². The minimum Gasteiger partial charge on any atom is -0.459 e. The van der Waals surface area contributed by atoms with Gasteiger partial charge in [-0.3, -0.25) is 0 Å². The molecular formula is C10H14N2O3S. The zero-order valence-electron chi connectivity index (χ0n) is 9.14. The minimum absolute atomic E-state index is 0.0897. The number of allylic oxidation sites excluding steroid dienone is 1. The van der Waals surface area contributed by atoms with E-state index in [-0.39, 0.29) is 5.89 Å². The molecule has 0 amide bonds. The van der Waals surface area contributed by atoms with E-state index in [1.165, 1.54) is 11.8 Å². The highest BCUT2D eigenvalue weighted by Crippen LogP contribution is 2.17. The second-order valence-corrected chi connectivity index (χ2v) is 3.92. The fourth-order valence-corrected chi connectivity index (χ4v) is 1.65. The molecule has 88 valence electrons. The van der Waals surface area contributed by atoms with Crippen LogP contribution in [0.4, 0.5) is 0 Å². The lowest BCUT2D eigenvalue weighted by atomic mass is 10.3. The van der Waals surface area contributed by atoms with Crippen LogP contribution in [0.15, 0.2) is 22.3 Å². The molecule has 0 aromatic carbocycles. The number of hydrogen-bond donors (Lipinski definition) is 0. The van der Waals surface area contributed by atoms with E-state index in [1.807, 2.05) is 6.08 Å². The summed E-state index contributed by atoms with van der Waals surface area (Å²) in [5.74, 6) is 0.192. The Balaban J connectivity index is 2.39. The highest BCUT2D eigenvalue weighted by Gasteiger charge is 2.15. The van der Waals surface area contributed by atoms with Crippen molar-refractivity contribution >= 4 is 17.7 Å². The molecule has 0 saturated heterocycles. The van der Waals surface area contributed by atoms with Crippen molar-refractivity contribution < 1.29 is 13.9 Å². The van der Waals surface area contributed by atoms with Crippen molar-refractivity contribution in [1.82, 2.24) is 10.2 Å². The van der Waals surface area contributed by atoms with Gasteiger partial charge in [-0.05, 0) is 19.8 Å². The van der Waals surface area contributed by atoms with E-state index in [1.54, 1.807) is 6.92 Å². The quantitative estimate of drug-likeness (QED) is 0.316. The first-order chi connectivity index (χ1) is 7.77. The summed E-state index contributed by atoms with van der Waals surface area (Å²) < 4.78 is 9.85. The molecule has 0 unspecified atom stereocenters. The molecule has 1 rings (SSSR count). The van der Waals surface area contributed by atoms with Gasteiger partial charge in [0, 0.05) is 5.75 Å². The Kier molecular flexibility index (Phi) is 5.63. The third kappa shape index (κ3) is 4.06. The van der Waals surface area contributed by atoms with Gasteiger partial charge in [-0.1, -0.05) is 22.9 Å². The number of unbranched alkanes of at least 4 members (excludes halogenated alkanes) is 1. The summed E-state index contributed by atoms with van der Waals surface area (Å²) in [5, 5.41) is 7.73. The number of esters is 1. The molecule has 0 radical (unpaired) electrons. The third-order valence-corrected chi connectivity index (χ3v) is 2.54. The summed E-state index contributed by atoms with van der Waals surface area (Å²) in [7, 11) is 0. The van der Waals surface area contributed by atoms with Crippen LogP contribution in [0.2, 0.25) is 0 Å². The average Bonchev–Trinajstić information content (AvgIpc) is 2.73. The summed E-state index contributed by atoms with van der Waals surface area (Å²) in [6.45, 7) is 5.65. The number of hydrogen-bond acceptors (Lipinski definition) is 6. The highest BCUT2D eigenvalue weighted by atomic mass is 32.2. The molecule has 0 aliphatic rings. The van der Waals surface area contributed by atoms with Crippen molar-refractivity contribution in [2.75, 3.05) is 12.4 Å². The maximum atomic E-state index is 11.2. The molecule has 0 N–H and O–H groups in total. The first-order valence-electron chi connectivity index (χ1n) is 5.02. The predicted molar refractivity (Wildman–Crippen MR) is 60.4 cm³/mol. The van der Waals surface area contributed by atoms with Crippen molar-refractivity contribution in [3.8, 4) is 0 Å². The number of aromatic nitrogens is 2. The molecule has 1 heterocycles. The van der Waals surface area contributed by atoms with Crippen LogP contribution in [-0.4, -0.2) is 28.5 Å². The van der Waals surface area contributed by atoms with E-state index in [2.05, 4.69) is 16.8 Å². The van der Waals surface area contributed by atoms with Crippen LogP contribution in [0.3, 0.4) is 0 Å². The second kappa shape index (κ2) is 7.05. The van der Waals surface area contributed by atoms with Crippen molar-refractivity contribution in [2.45, 2.75) is 25.0 Å². The number of nitrogens with zero attached hydrogens (tertiary/aromatic N) is 2. The van der Waals surface area contributed by atoms with Crippen LogP contribution in [0, 0.1) is 0 Å². The van der Waals surface area contributed by atoms with Gasteiger partial charge in [0.15, 0.2) is 0 Å². The van der Waals surface area contributed by atoms with Gasteiger partial charge < -0.3 is 9.15 Å². The lowest BCUT2D eigenvalue weighted by Gasteiger charge is -1.95. The van der Waals surface area contributed by atoms with E-state index >= 15 is 0 Å². The number of thioether (sulfide) groups is 1. The van der Waals surface area contributed by atoms with Crippen molar-refractivity contribution in [3.63, 3.8) is 0 Å². The maximum absolute atomic E-state index is 11.2. The maximum Gasteiger partial charge on any atom is 0.396 e. The van der Waals surface area contributed by atoms with E-state index in [0.717, 1.165) is 18.6 Å². The molecule has 1 aromatic heterocycles. The Morgan fingerprint density at radius 1 is 1.62 bits per heavy atom. The zero-order chi connectivity index (χ0) is 11.8. The Morgan fingerprint density at radius 3 is 3.12 bits per heavy atom. The molecule has 0 fully saturated rings. The molecule has 0 bridgehead atoms. The lowest BCUT2D eigenvalue weighted by Crippen LogP contribution is -2.04. The van der Waals surface area contributed by atoms with Crippen LogP contribution < -0.4 is 0 Å². The Labute approximate surface area is 98.3 Å². The Hall–Kier alpha value is -1.30. The molecule has 1 aromatic rings. The van der Waals surface area contributed by atoms with Crippen LogP contribution in [-0.2, 0) is 4.74 Å². The SMILES string of the molecule is C=CCCCSc1nnc(C(=O)OCC)o1. The number of rotatable bonds is 7. The second-order valence-electron chi connectivity index (χ2n) is 2.87. The van der Waals surface area contributed by atoms with Crippen LogP contribution in [0.1, 0.15) is 30.5 Å². The molecule has 0 saturated carbocycles. The minimum atomic E-state index is -0.576. The van der Waals surface area contributed by atoms with E-state index < -0.39 is 5.97 Å². The predicted octanol–water partition coefficient (Wildman–Crippen LogP) is 2.30. The normalized spacial score (nSPS) is 10.1. The van der Waals surface area contributed by atoms with Crippen LogP contribution >= 0.6 is 11.8 Å². The van der Waals surface area contributed by atoms with Gasteiger partial charge in [0.05, 0.1) is 6.61 Å². The summed E-state index contributed by atoms with van der Waals surface area (Å²) in [4.78, 5) is 11.2. The van der Waals surface area contributed by atoms with Gasteiger partial charge in [-0.2, -0.15) is 0 Å². The molecular weight excluding hydrogens is 228 g/mol.